The summed E-state index contributed by atoms with van der Waals surface area (Å²) in [6, 6.07) is 0. The van der Waals surface area contributed by atoms with Crippen molar-refractivity contribution in [2.24, 2.45) is 5.92 Å². The number of rotatable bonds is 7. The lowest BCUT2D eigenvalue weighted by atomic mass is 9.98. The number of likely N-dealkylation sites (N-methyl/N-ethyl adjacent to an activating group) is 1. The second-order valence-corrected chi connectivity index (χ2v) is 7.06. The third-order valence-corrected chi connectivity index (χ3v) is 5.16. The van der Waals surface area contributed by atoms with Crippen LogP contribution in [0.5, 0.6) is 0 Å². The molecular weight excluding hydrogens is 262 g/mol. The molecule has 2 aliphatic rings. The lowest BCUT2D eigenvalue weighted by Crippen LogP contribution is -2.46. The predicted octanol–water partition coefficient (Wildman–Crippen LogP) is 2.45. The largest absolute Gasteiger partial charge is 0.324 e. The summed E-state index contributed by atoms with van der Waals surface area (Å²) >= 11 is 0. The third-order valence-electron chi connectivity index (χ3n) is 5.16. The molecule has 1 aliphatic heterocycles. The van der Waals surface area contributed by atoms with Crippen LogP contribution in [0.3, 0.4) is 0 Å². The third kappa shape index (κ3) is 3.42. The van der Waals surface area contributed by atoms with Gasteiger partial charge >= 0.3 is 0 Å². The normalized spacial score (nSPS) is 25.0. The van der Waals surface area contributed by atoms with Gasteiger partial charge in [-0.25, -0.2) is 0 Å². The van der Waals surface area contributed by atoms with Crippen molar-refractivity contribution in [2.75, 3.05) is 26.2 Å². The van der Waals surface area contributed by atoms with E-state index in [0.29, 0.717) is 11.8 Å². The SMILES string of the molecule is CCCN(CC)CCN1C(=O)C2(CCCC2)NC1C(C)C. The van der Waals surface area contributed by atoms with Crippen LogP contribution in [0.4, 0.5) is 0 Å². The summed E-state index contributed by atoms with van der Waals surface area (Å²) in [5.41, 5.74) is -0.225. The molecule has 1 unspecified atom stereocenters. The van der Waals surface area contributed by atoms with Gasteiger partial charge in [0.25, 0.3) is 0 Å². The molecule has 0 aromatic rings. The topological polar surface area (TPSA) is 35.6 Å². The van der Waals surface area contributed by atoms with Gasteiger partial charge < -0.3 is 9.80 Å². The maximum atomic E-state index is 12.9. The molecule has 1 N–H and O–H groups in total. The molecule has 2 rings (SSSR count). The number of carbonyl (C=O) groups excluding carboxylic acids is 1. The molecule has 4 nitrogen and oxygen atoms in total. The lowest BCUT2D eigenvalue weighted by molar-refractivity contribution is -0.133. The molecule has 1 saturated heterocycles. The Balaban J connectivity index is 2.03. The van der Waals surface area contributed by atoms with Crippen molar-refractivity contribution >= 4 is 5.91 Å². The second kappa shape index (κ2) is 7.10. The molecule has 0 aromatic heterocycles. The molecule has 1 spiro atoms. The van der Waals surface area contributed by atoms with Crippen LogP contribution in [-0.4, -0.2) is 53.6 Å². The fourth-order valence-electron chi connectivity index (χ4n) is 3.92. The molecule has 0 bridgehead atoms. The first-order valence-corrected chi connectivity index (χ1v) is 8.85. The fourth-order valence-corrected chi connectivity index (χ4v) is 3.92. The summed E-state index contributed by atoms with van der Waals surface area (Å²) in [6.07, 6.45) is 5.83. The van der Waals surface area contributed by atoms with Crippen LogP contribution in [0.1, 0.15) is 59.8 Å². The van der Waals surface area contributed by atoms with Crippen LogP contribution >= 0.6 is 0 Å². The first-order valence-electron chi connectivity index (χ1n) is 8.85. The van der Waals surface area contributed by atoms with E-state index >= 15 is 0 Å². The Bertz CT molecular complexity index is 350. The van der Waals surface area contributed by atoms with Crippen molar-refractivity contribution < 1.29 is 4.79 Å². The van der Waals surface area contributed by atoms with Crippen LogP contribution in [0, 0.1) is 5.92 Å². The van der Waals surface area contributed by atoms with E-state index in [-0.39, 0.29) is 11.7 Å². The van der Waals surface area contributed by atoms with E-state index in [1.165, 1.54) is 19.3 Å². The highest BCUT2D eigenvalue weighted by molar-refractivity contribution is 5.89. The van der Waals surface area contributed by atoms with Crippen molar-refractivity contribution in [3.63, 3.8) is 0 Å². The van der Waals surface area contributed by atoms with E-state index in [9.17, 15) is 4.79 Å². The van der Waals surface area contributed by atoms with Gasteiger partial charge in [0.2, 0.25) is 5.91 Å². The first kappa shape index (κ1) is 16.8. The van der Waals surface area contributed by atoms with Crippen molar-refractivity contribution in [3.8, 4) is 0 Å². The number of nitrogens with zero attached hydrogens (tertiary/aromatic N) is 2. The zero-order chi connectivity index (χ0) is 15.5. The Morgan fingerprint density at radius 1 is 1.29 bits per heavy atom. The zero-order valence-corrected chi connectivity index (χ0v) is 14.3. The van der Waals surface area contributed by atoms with Gasteiger partial charge in [0.1, 0.15) is 0 Å². The number of amides is 1. The van der Waals surface area contributed by atoms with E-state index in [2.05, 4.69) is 42.8 Å². The summed E-state index contributed by atoms with van der Waals surface area (Å²) < 4.78 is 0. The highest BCUT2D eigenvalue weighted by Gasteiger charge is 2.52. The monoisotopic (exact) mass is 295 g/mol. The van der Waals surface area contributed by atoms with Gasteiger partial charge in [0.15, 0.2) is 0 Å². The van der Waals surface area contributed by atoms with Gasteiger partial charge in [0, 0.05) is 13.1 Å². The number of carbonyl (C=O) groups is 1. The second-order valence-electron chi connectivity index (χ2n) is 7.06. The first-order chi connectivity index (χ1) is 10.0. The zero-order valence-electron chi connectivity index (χ0n) is 14.3. The molecule has 4 heteroatoms. The Morgan fingerprint density at radius 3 is 2.48 bits per heavy atom. The molecule has 1 saturated carbocycles. The predicted molar refractivity (Wildman–Crippen MR) is 87.1 cm³/mol. The lowest BCUT2D eigenvalue weighted by Gasteiger charge is -2.29. The van der Waals surface area contributed by atoms with Crippen LogP contribution in [0.25, 0.3) is 0 Å². The molecule has 0 radical (unpaired) electrons. The van der Waals surface area contributed by atoms with Gasteiger partial charge in [-0.1, -0.05) is 40.5 Å². The van der Waals surface area contributed by atoms with Crippen LogP contribution in [0.2, 0.25) is 0 Å². The van der Waals surface area contributed by atoms with Crippen LogP contribution in [-0.2, 0) is 4.79 Å². The quantitative estimate of drug-likeness (QED) is 0.783. The van der Waals surface area contributed by atoms with Gasteiger partial charge in [-0.2, -0.15) is 0 Å². The van der Waals surface area contributed by atoms with Crippen molar-refractivity contribution in [2.45, 2.75) is 71.5 Å². The summed E-state index contributed by atoms with van der Waals surface area (Å²) in [4.78, 5) is 17.5. The van der Waals surface area contributed by atoms with Gasteiger partial charge in [-0.15, -0.1) is 0 Å². The molecule has 1 aliphatic carbocycles. The maximum Gasteiger partial charge on any atom is 0.244 e. The molecule has 1 heterocycles. The Kier molecular flexibility index (Phi) is 5.67. The van der Waals surface area contributed by atoms with Gasteiger partial charge in [-0.3, -0.25) is 10.1 Å². The average Bonchev–Trinajstić information content (AvgIpc) is 3.03. The average molecular weight is 295 g/mol. The van der Waals surface area contributed by atoms with E-state index in [0.717, 1.165) is 39.0 Å². The Hall–Kier alpha value is -0.610. The number of hydrogen-bond acceptors (Lipinski definition) is 3. The minimum Gasteiger partial charge on any atom is -0.324 e. The van der Waals surface area contributed by atoms with E-state index in [1.807, 2.05) is 0 Å². The number of nitrogens with one attached hydrogen (secondary N) is 1. The van der Waals surface area contributed by atoms with E-state index in [4.69, 9.17) is 0 Å². The van der Waals surface area contributed by atoms with E-state index < -0.39 is 0 Å². The summed E-state index contributed by atoms with van der Waals surface area (Å²) in [5.74, 6) is 0.835. The fraction of sp³-hybridized carbons (Fsp3) is 0.941. The van der Waals surface area contributed by atoms with Gasteiger partial charge in [-0.05, 0) is 38.3 Å². The number of hydrogen-bond donors (Lipinski definition) is 1. The van der Waals surface area contributed by atoms with Crippen molar-refractivity contribution in [1.29, 1.82) is 0 Å². The standard InChI is InChI=1S/C17H33N3O/c1-5-11-19(6-2)12-13-20-15(14(3)4)18-17(16(20)21)9-7-8-10-17/h14-15,18H,5-13H2,1-4H3. The highest BCUT2D eigenvalue weighted by Crippen LogP contribution is 2.37. The van der Waals surface area contributed by atoms with Crippen LogP contribution in [0.15, 0.2) is 0 Å². The molecule has 0 aromatic carbocycles. The van der Waals surface area contributed by atoms with Gasteiger partial charge in [0.05, 0.1) is 11.7 Å². The highest BCUT2D eigenvalue weighted by atomic mass is 16.2. The van der Waals surface area contributed by atoms with Crippen LogP contribution < -0.4 is 5.32 Å². The molecule has 1 amide bonds. The molecule has 21 heavy (non-hydrogen) atoms. The molecule has 2 fully saturated rings. The minimum absolute atomic E-state index is 0.218. The molecular formula is C17H33N3O. The van der Waals surface area contributed by atoms with Crippen molar-refractivity contribution in [1.82, 2.24) is 15.1 Å². The summed E-state index contributed by atoms with van der Waals surface area (Å²) in [7, 11) is 0. The summed E-state index contributed by atoms with van der Waals surface area (Å²) in [5, 5.41) is 3.70. The molecule has 122 valence electrons. The Labute approximate surface area is 130 Å². The van der Waals surface area contributed by atoms with E-state index in [1.54, 1.807) is 0 Å². The molecule has 1 atom stereocenters. The Morgan fingerprint density at radius 2 is 1.95 bits per heavy atom. The minimum atomic E-state index is -0.225. The summed E-state index contributed by atoms with van der Waals surface area (Å²) in [6.45, 7) is 12.9. The van der Waals surface area contributed by atoms with Crippen molar-refractivity contribution in [3.05, 3.63) is 0 Å². The maximum absolute atomic E-state index is 12.9. The smallest absolute Gasteiger partial charge is 0.244 e.